The summed E-state index contributed by atoms with van der Waals surface area (Å²) in [5.41, 5.74) is 0. The smallest absolute Gasteiger partial charge is 0.317 e. The lowest BCUT2D eigenvalue weighted by Gasteiger charge is -2.21. The van der Waals surface area contributed by atoms with Crippen LogP contribution in [-0.4, -0.2) is 30.1 Å². The van der Waals surface area contributed by atoms with E-state index < -0.39 is 0 Å². The standard InChI is InChI=1S/C10H20N2O/c1-3-9(4-2)11-10(13)12-7-5-6-8-12/h9H,3-8H2,1-2H3,(H,11,13). The topological polar surface area (TPSA) is 32.3 Å². The third kappa shape index (κ3) is 2.90. The summed E-state index contributed by atoms with van der Waals surface area (Å²) in [6, 6.07) is 0.485. The number of hydrogen-bond acceptors (Lipinski definition) is 1. The molecule has 3 heteroatoms. The molecule has 13 heavy (non-hydrogen) atoms. The maximum Gasteiger partial charge on any atom is 0.317 e. The second-order valence-electron chi connectivity index (χ2n) is 3.66. The summed E-state index contributed by atoms with van der Waals surface area (Å²) in [6.07, 6.45) is 4.37. The van der Waals surface area contributed by atoms with Crippen molar-refractivity contribution in [2.45, 2.75) is 45.6 Å². The summed E-state index contributed by atoms with van der Waals surface area (Å²) in [5, 5.41) is 3.05. The molecule has 2 amide bonds. The van der Waals surface area contributed by atoms with E-state index in [1.165, 1.54) is 0 Å². The number of nitrogens with one attached hydrogen (secondary N) is 1. The third-order valence-electron chi connectivity index (χ3n) is 2.71. The molecular formula is C10H20N2O. The van der Waals surface area contributed by atoms with Crippen LogP contribution in [0.2, 0.25) is 0 Å². The number of carbonyl (C=O) groups is 1. The molecule has 1 aliphatic heterocycles. The van der Waals surface area contributed by atoms with E-state index in [-0.39, 0.29) is 6.03 Å². The Morgan fingerprint density at radius 2 is 1.85 bits per heavy atom. The van der Waals surface area contributed by atoms with Crippen LogP contribution < -0.4 is 5.32 Å². The van der Waals surface area contributed by atoms with Crippen LogP contribution in [0.3, 0.4) is 0 Å². The molecular weight excluding hydrogens is 164 g/mol. The lowest BCUT2D eigenvalue weighted by molar-refractivity contribution is 0.203. The van der Waals surface area contributed by atoms with Crippen molar-refractivity contribution in [3.63, 3.8) is 0 Å². The minimum Gasteiger partial charge on any atom is -0.335 e. The monoisotopic (exact) mass is 184 g/mol. The summed E-state index contributed by atoms with van der Waals surface area (Å²) in [4.78, 5) is 13.5. The SMILES string of the molecule is CCC(CC)NC(=O)N1CCCC1. The first kappa shape index (κ1) is 10.4. The second kappa shape index (κ2) is 5.10. The van der Waals surface area contributed by atoms with Crippen molar-refractivity contribution >= 4 is 6.03 Å². The van der Waals surface area contributed by atoms with Crippen LogP contribution in [0, 0.1) is 0 Å². The molecule has 76 valence electrons. The Hall–Kier alpha value is -0.730. The van der Waals surface area contributed by atoms with E-state index in [2.05, 4.69) is 19.2 Å². The van der Waals surface area contributed by atoms with Gasteiger partial charge in [-0.25, -0.2) is 4.79 Å². The largest absolute Gasteiger partial charge is 0.335 e. The summed E-state index contributed by atoms with van der Waals surface area (Å²) < 4.78 is 0. The van der Waals surface area contributed by atoms with Crippen LogP contribution in [0.1, 0.15) is 39.5 Å². The van der Waals surface area contributed by atoms with Crippen LogP contribution in [0.15, 0.2) is 0 Å². The molecule has 0 bridgehead atoms. The average molecular weight is 184 g/mol. The van der Waals surface area contributed by atoms with Gasteiger partial charge in [-0.2, -0.15) is 0 Å². The van der Waals surface area contributed by atoms with Crippen molar-refractivity contribution in [3.8, 4) is 0 Å². The van der Waals surface area contributed by atoms with Gasteiger partial charge in [0.15, 0.2) is 0 Å². The number of nitrogens with zero attached hydrogens (tertiary/aromatic N) is 1. The van der Waals surface area contributed by atoms with E-state index in [9.17, 15) is 4.79 Å². The van der Waals surface area contributed by atoms with Crippen LogP contribution in [0.25, 0.3) is 0 Å². The van der Waals surface area contributed by atoms with Crippen molar-refractivity contribution in [2.75, 3.05) is 13.1 Å². The van der Waals surface area contributed by atoms with E-state index in [1.54, 1.807) is 0 Å². The number of rotatable bonds is 3. The highest BCUT2D eigenvalue weighted by Crippen LogP contribution is 2.08. The van der Waals surface area contributed by atoms with Gasteiger partial charge in [0.25, 0.3) is 0 Å². The normalized spacial score (nSPS) is 16.7. The first-order valence-electron chi connectivity index (χ1n) is 5.33. The van der Waals surface area contributed by atoms with Crippen LogP contribution >= 0.6 is 0 Å². The van der Waals surface area contributed by atoms with Gasteiger partial charge < -0.3 is 10.2 Å². The van der Waals surface area contributed by atoms with E-state index in [1.807, 2.05) is 4.90 Å². The zero-order valence-corrected chi connectivity index (χ0v) is 8.68. The molecule has 0 saturated carbocycles. The Morgan fingerprint density at radius 1 is 1.31 bits per heavy atom. The first-order valence-corrected chi connectivity index (χ1v) is 5.33. The Bertz CT molecular complexity index is 160. The highest BCUT2D eigenvalue weighted by molar-refractivity contribution is 5.74. The predicted molar refractivity (Wildman–Crippen MR) is 53.7 cm³/mol. The highest BCUT2D eigenvalue weighted by Gasteiger charge is 2.19. The van der Waals surface area contributed by atoms with Crippen molar-refractivity contribution in [1.82, 2.24) is 10.2 Å². The molecule has 1 rings (SSSR count). The molecule has 1 fully saturated rings. The summed E-state index contributed by atoms with van der Waals surface area (Å²) >= 11 is 0. The van der Waals surface area contributed by atoms with Crippen LogP contribution in [-0.2, 0) is 0 Å². The lowest BCUT2D eigenvalue weighted by atomic mass is 10.2. The van der Waals surface area contributed by atoms with Gasteiger partial charge in [0.1, 0.15) is 0 Å². The molecule has 0 aromatic carbocycles. The molecule has 1 heterocycles. The zero-order valence-electron chi connectivity index (χ0n) is 8.68. The molecule has 0 aromatic heterocycles. The molecule has 0 atom stereocenters. The van der Waals surface area contributed by atoms with Gasteiger partial charge >= 0.3 is 6.03 Å². The Balaban J connectivity index is 2.30. The fraction of sp³-hybridized carbons (Fsp3) is 0.900. The molecule has 3 nitrogen and oxygen atoms in total. The van der Waals surface area contributed by atoms with E-state index in [0.717, 1.165) is 38.8 Å². The van der Waals surface area contributed by atoms with Gasteiger partial charge in [-0.15, -0.1) is 0 Å². The van der Waals surface area contributed by atoms with Gasteiger partial charge in [0.05, 0.1) is 0 Å². The predicted octanol–water partition coefficient (Wildman–Crippen LogP) is 1.98. The number of hydrogen-bond donors (Lipinski definition) is 1. The average Bonchev–Trinajstić information content (AvgIpc) is 2.66. The first-order chi connectivity index (χ1) is 6.27. The maximum absolute atomic E-state index is 11.6. The summed E-state index contributed by atoms with van der Waals surface area (Å²) in [7, 11) is 0. The molecule has 0 radical (unpaired) electrons. The Morgan fingerprint density at radius 3 is 2.31 bits per heavy atom. The van der Waals surface area contributed by atoms with Crippen molar-refractivity contribution < 1.29 is 4.79 Å². The van der Waals surface area contributed by atoms with E-state index >= 15 is 0 Å². The minimum atomic E-state index is 0.131. The van der Waals surface area contributed by atoms with Crippen molar-refractivity contribution in [1.29, 1.82) is 0 Å². The molecule has 0 aliphatic carbocycles. The molecule has 0 unspecified atom stereocenters. The Labute approximate surface area is 80.5 Å². The maximum atomic E-state index is 11.6. The van der Waals surface area contributed by atoms with Gasteiger partial charge in [0.2, 0.25) is 0 Å². The van der Waals surface area contributed by atoms with E-state index in [0.29, 0.717) is 6.04 Å². The van der Waals surface area contributed by atoms with Gasteiger partial charge in [0, 0.05) is 19.1 Å². The van der Waals surface area contributed by atoms with Crippen LogP contribution in [0.5, 0.6) is 0 Å². The fourth-order valence-electron chi connectivity index (χ4n) is 1.68. The van der Waals surface area contributed by atoms with Crippen molar-refractivity contribution in [3.05, 3.63) is 0 Å². The summed E-state index contributed by atoms with van der Waals surface area (Å²) in [6.45, 7) is 6.09. The lowest BCUT2D eigenvalue weighted by Crippen LogP contribution is -2.43. The van der Waals surface area contributed by atoms with E-state index in [4.69, 9.17) is 0 Å². The number of likely N-dealkylation sites (tertiary alicyclic amines) is 1. The third-order valence-corrected chi connectivity index (χ3v) is 2.71. The van der Waals surface area contributed by atoms with Gasteiger partial charge in [-0.1, -0.05) is 13.8 Å². The number of amides is 2. The molecule has 1 saturated heterocycles. The second-order valence-corrected chi connectivity index (χ2v) is 3.66. The van der Waals surface area contributed by atoms with Crippen LogP contribution in [0.4, 0.5) is 4.79 Å². The Kier molecular flexibility index (Phi) is 4.06. The zero-order chi connectivity index (χ0) is 9.68. The minimum absolute atomic E-state index is 0.131. The quantitative estimate of drug-likeness (QED) is 0.714. The number of urea groups is 1. The molecule has 1 aliphatic rings. The highest BCUT2D eigenvalue weighted by atomic mass is 16.2. The molecule has 0 spiro atoms. The molecule has 0 aromatic rings. The van der Waals surface area contributed by atoms with Crippen molar-refractivity contribution in [2.24, 2.45) is 0 Å². The molecule has 1 N–H and O–H groups in total. The number of carbonyl (C=O) groups excluding carboxylic acids is 1. The van der Waals surface area contributed by atoms with Gasteiger partial charge in [-0.05, 0) is 25.7 Å². The fourth-order valence-corrected chi connectivity index (χ4v) is 1.68. The van der Waals surface area contributed by atoms with Gasteiger partial charge in [-0.3, -0.25) is 0 Å². The summed E-state index contributed by atoms with van der Waals surface area (Å²) in [5.74, 6) is 0.